The molecule has 0 atom stereocenters. The lowest BCUT2D eigenvalue weighted by molar-refractivity contribution is 0.598. The van der Waals surface area contributed by atoms with Crippen LogP contribution in [0.5, 0.6) is 0 Å². The summed E-state index contributed by atoms with van der Waals surface area (Å²) in [4.78, 5) is 0.0671. The largest absolute Gasteiger partial charge is 0.398 e. The first-order valence-electron chi connectivity index (χ1n) is 8.19. The molecule has 0 radical (unpaired) electrons. The van der Waals surface area contributed by atoms with Gasteiger partial charge in [-0.05, 0) is 34.4 Å². The molecule has 0 amide bonds. The van der Waals surface area contributed by atoms with Gasteiger partial charge in [-0.3, -0.25) is 0 Å². The molecule has 0 saturated carbocycles. The lowest BCUT2D eigenvalue weighted by atomic mass is 9.98. The number of sulfonamides is 1. The van der Waals surface area contributed by atoms with Crippen molar-refractivity contribution in [3.8, 4) is 11.1 Å². The lowest BCUT2D eigenvalue weighted by Crippen LogP contribution is -2.11. The fourth-order valence-corrected chi connectivity index (χ4v) is 3.34. The summed E-state index contributed by atoms with van der Waals surface area (Å²) in [5.74, 6) is 0. The lowest BCUT2D eigenvalue weighted by Gasteiger charge is -2.10. The van der Waals surface area contributed by atoms with Gasteiger partial charge in [-0.1, -0.05) is 66.7 Å². The van der Waals surface area contributed by atoms with E-state index in [9.17, 15) is 8.42 Å². The Kier molecular flexibility index (Phi) is 5.21. The molecule has 3 rings (SSSR count). The first-order valence-corrected chi connectivity index (χ1v) is 9.74. The summed E-state index contributed by atoms with van der Waals surface area (Å²) in [6.45, 7) is 0. The first kappa shape index (κ1) is 18.6. The van der Waals surface area contributed by atoms with Crippen molar-refractivity contribution < 1.29 is 8.42 Å². The molecule has 0 saturated heterocycles. The maximum absolute atomic E-state index is 11.5. The molecule has 0 aliphatic heterocycles. The van der Waals surface area contributed by atoms with Gasteiger partial charge in [0.05, 0.1) is 4.90 Å². The van der Waals surface area contributed by atoms with Crippen LogP contribution < -0.4 is 10.9 Å². The van der Waals surface area contributed by atoms with E-state index in [1.54, 1.807) is 6.07 Å². The van der Waals surface area contributed by atoms with E-state index in [2.05, 4.69) is 0 Å². The summed E-state index contributed by atoms with van der Waals surface area (Å²) >= 11 is 0. The average molecular weight is 377 g/mol. The summed E-state index contributed by atoms with van der Waals surface area (Å²) in [7, 11) is -3.75. The van der Waals surface area contributed by atoms with Crippen LogP contribution in [0.25, 0.3) is 22.4 Å². The third-order valence-electron chi connectivity index (χ3n) is 4.21. The Balaban J connectivity index is 1.99. The van der Waals surface area contributed by atoms with Crippen LogP contribution >= 0.6 is 0 Å². The molecule has 0 aliphatic rings. The van der Waals surface area contributed by atoms with Crippen LogP contribution in [-0.4, -0.2) is 14.6 Å². The summed E-state index contributed by atoms with van der Waals surface area (Å²) in [6, 6.07) is 23.4. The summed E-state index contributed by atoms with van der Waals surface area (Å²) in [6.07, 6.45) is 1.24. The second-order valence-electron chi connectivity index (χ2n) is 5.99. The first-order chi connectivity index (χ1) is 12.9. The van der Waals surface area contributed by atoms with Gasteiger partial charge in [0.1, 0.15) is 0 Å². The summed E-state index contributed by atoms with van der Waals surface area (Å²) < 4.78 is 23.1. The van der Waals surface area contributed by atoms with Crippen molar-refractivity contribution in [3.63, 3.8) is 0 Å². The Labute approximate surface area is 158 Å². The highest BCUT2D eigenvalue weighted by Crippen LogP contribution is 2.26. The van der Waals surface area contributed by atoms with Crippen molar-refractivity contribution in [2.24, 2.45) is 10.9 Å². The Bertz CT molecular complexity index is 1100. The Hall–Kier alpha value is -3.22. The van der Waals surface area contributed by atoms with Gasteiger partial charge >= 0.3 is 0 Å². The number of rotatable bonds is 5. The zero-order valence-electron chi connectivity index (χ0n) is 14.5. The molecule has 6 heteroatoms. The smallest absolute Gasteiger partial charge is 0.238 e. The minimum atomic E-state index is -3.75. The molecular weight excluding hydrogens is 358 g/mol. The van der Waals surface area contributed by atoms with Crippen LogP contribution in [-0.2, 0) is 10.0 Å². The van der Waals surface area contributed by atoms with E-state index in [0.29, 0.717) is 11.3 Å². The highest BCUT2D eigenvalue weighted by atomic mass is 32.2. The van der Waals surface area contributed by atoms with E-state index in [0.717, 1.165) is 22.3 Å². The van der Waals surface area contributed by atoms with Crippen LogP contribution in [0, 0.1) is 5.41 Å². The third kappa shape index (κ3) is 4.13. The van der Waals surface area contributed by atoms with Gasteiger partial charge in [0, 0.05) is 17.5 Å². The number of benzene rings is 3. The fourth-order valence-electron chi connectivity index (χ4n) is 2.78. The molecule has 0 aromatic heterocycles. The van der Waals surface area contributed by atoms with Crippen molar-refractivity contribution in [3.05, 3.63) is 90.0 Å². The molecular formula is C21H19N3O2S. The van der Waals surface area contributed by atoms with Gasteiger partial charge < -0.3 is 11.1 Å². The van der Waals surface area contributed by atoms with E-state index in [1.807, 2.05) is 60.7 Å². The number of allylic oxidation sites excluding steroid dienone is 1. The molecule has 0 spiro atoms. The molecule has 0 heterocycles. The van der Waals surface area contributed by atoms with Gasteiger partial charge in [0.15, 0.2) is 0 Å². The molecule has 0 bridgehead atoms. The molecule has 0 aliphatic carbocycles. The summed E-state index contributed by atoms with van der Waals surface area (Å²) in [5.41, 5.74) is 10.6. The Morgan fingerprint density at radius 3 is 2.07 bits per heavy atom. The Morgan fingerprint density at radius 1 is 0.815 bits per heavy atom. The van der Waals surface area contributed by atoms with E-state index in [-0.39, 0.29) is 4.90 Å². The van der Waals surface area contributed by atoms with Crippen molar-refractivity contribution in [1.82, 2.24) is 0 Å². The van der Waals surface area contributed by atoms with Gasteiger partial charge in [-0.15, -0.1) is 0 Å². The van der Waals surface area contributed by atoms with Gasteiger partial charge in [-0.2, -0.15) is 0 Å². The van der Waals surface area contributed by atoms with E-state index in [4.69, 9.17) is 16.3 Å². The zero-order valence-corrected chi connectivity index (χ0v) is 15.3. The molecule has 5 N–H and O–H groups in total. The molecule has 136 valence electrons. The van der Waals surface area contributed by atoms with Gasteiger partial charge in [-0.25, -0.2) is 13.6 Å². The second-order valence-corrected chi connectivity index (χ2v) is 7.55. The maximum atomic E-state index is 11.5. The molecule has 3 aromatic rings. The van der Waals surface area contributed by atoms with Crippen LogP contribution in [0.1, 0.15) is 11.1 Å². The minimum Gasteiger partial charge on any atom is -0.398 e. The van der Waals surface area contributed by atoms with Crippen molar-refractivity contribution in [1.29, 1.82) is 5.41 Å². The Morgan fingerprint density at radius 2 is 1.48 bits per heavy atom. The van der Waals surface area contributed by atoms with E-state index in [1.165, 1.54) is 18.3 Å². The van der Waals surface area contributed by atoms with Crippen LogP contribution in [0.4, 0.5) is 0 Å². The number of primary sulfonamides is 1. The van der Waals surface area contributed by atoms with E-state index < -0.39 is 10.0 Å². The zero-order chi connectivity index (χ0) is 19.4. The normalized spacial score (nSPS) is 12.3. The molecule has 3 aromatic carbocycles. The monoisotopic (exact) mass is 377 g/mol. The maximum Gasteiger partial charge on any atom is 0.238 e. The highest BCUT2D eigenvalue weighted by molar-refractivity contribution is 7.89. The number of nitrogens with two attached hydrogens (primary N) is 2. The standard InChI is InChI=1S/C21H19N3O2S/c22-14-20(21(23)17-5-2-1-3-6-17)16-11-9-15(10-12-16)18-7-4-8-19(13-18)27(24,25)26/h1-14,22H,23H2,(H2,24,25,26). The quantitative estimate of drug-likeness (QED) is 0.467. The predicted octanol–water partition coefficient (Wildman–Crippen LogP) is 3.48. The van der Waals surface area contributed by atoms with Crippen molar-refractivity contribution in [2.75, 3.05) is 0 Å². The molecule has 0 fully saturated rings. The highest BCUT2D eigenvalue weighted by Gasteiger charge is 2.10. The van der Waals surface area contributed by atoms with Crippen molar-refractivity contribution >= 4 is 27.5 Å². The second kappa shape index (κ2) is 7.57. The predicted molar refractivity (Wildman–Crippen MR) is 109 cm³/mol. The summed E-state index contributed by atoms with van der Waals surface area (Å²) in [5, 5.41) is 12.9. The topological polar surface area (TPSA) is 110 Å². The average Bonchev–Trinajstić information content (AvgIpc) is 2.69. The fraction of sp³-hybridized carbons (Fsp3) is 0. The minimum absolute atomic E-state index is 0.0671. The number of hydrogen-bond acceptors (Lipinski definition) is 4. The third-order valence-corrected chi connectivity index (χ3v) is 5.12. The number of nitrogens with one attached hydrogen (secondary N) is 1. The van der Waals surface area contributed by atoms with E-state index >= 15 is 0 Å². The number of hydrogen-bond donors (Lipinski definition) is 3. The van der Waals surface area contributed by atoms with Gasteiger partial charge in [0.2, 0.25) is 10.0 Å². The molecule has 27 heavy (non-hydrogen) atoms. The van der Waals surface area contributed by atoms with Gasteiger partial charge in [0.25, 0.3) is 0 Å². The van der Waals surface area contributed by atoms with Crippen LogP contribution in [0.2, 0.25) is 0 Å². The molecule has 0 unspecified atom stereocenters. The SMILES string of the molecule is N=CC(=C(N)c1ccccc1)c1ccc(-c2cccc(S(N)(=O)=O)c2)cc1. The van der Waals surface area contributed by atoms with Crippen LogP contribution in [0.15, 0.2) is 83.8 Å². The van der Waals surface area contributed by atoms with Crippen molar-refractivity contribution in [2.45, 2.75) is 4.90 Å². The molecule has 5 nitrogen and oxygen atoms in total. The van der Waals surface area contributed by atoms with Crippen LogP contribution in [0.3, 0.4) is 0 Å².